The van der Waals surface area contributed by atoms with Crippen molar-refractivity contribution in [1.82, 2.24) is 0 Å². The third kappa shape index (κ3) is 2.84. The van der Waals surface area contributed by atoms with Gasteiger partial charge >= 0.3 is 0 Å². The average Bonchev–Trinajstić information content (AvgIpc) is 2.76. The number of benzene rings is 1. The van der Waals surface area contributed by atoms with Gasteiger partial charge in [-0.15, -0.1) is 0 Å². The van der Waals surface area contributed by atoms with Crippen LogP contribution in [0.25, 0.3) is 17.4 Å². The molecule has 0 spiro atoms. The molecule has 0 aliphatic carbocycles. The van der Waals surface area contributed by atoms with E-state index in [2.05, 4.69) is 0 Å². The van der Waals surface area contributed by atoms with Crippen LogP contribution < -0.4 is 5.11 Å². The Morgan fingerprint density at radius 1 is 1.18 bits per heavy atom. The minimum atomic E-state index is -1.24. The molecule has 1 aromatic heterocycles. The molecule has 3 nitrogen and oxygen atoms in total. The van der Waals surface area contributed by atoms with Gasteiger partial charge in [-0.1, -0.05) is 29.8 Å². The number of aryl methyl sites for hydroxylation is 1. The molecule has 0 N–H and O–H groups in total. The second-order valence-electron chi connectivity index (χ2n) is 3.72. The number of carbonyl (C=O) groups is 1. The van der Waals surface area contributed by atoms with E-state index in [4.69, 9.17) is 4.42 Å². The van der Waals surface area contributed by atoms with Crippen molar-refractivity contribution in [3.8, 4) is 11.3 Å². The van der Waals surface area contributed by atoms with Crippen LogP contribution in [-0.2, 0) is 4.79 Å². The summed E-state index contributed by atoms with van der Waals surface area (Å²) in [6.07, 6.45) is 2.31. The maximum atomic E-state index is 10.2. The predicted octanol–water partition coefficient (Wildman–Crippen LogP) is 2.02. The molecule has 0 radical (unpaired) electrons. The summed E-state index contributed by atoms with van der Waals surface area (Å²) in [5.74, 6) is -0.0361. The van der Waals surface area contributed by atoms with E-state index in [9.17, 15) is 9.90 Å². The predicted molar refractivity (Wildman–Crippen MR) is 62.9 cm³/mol. The highest BCUT2D eigenvalue weighted by molar-refractivity contribution is 5.83. The topological polar surface area (TPSA) is 53.3 Å². The van der Waals surface area contributed by atoms with Crippen molar-refractivity contribution in [2.24, 2.45) is 0 Å². The van der Waals surface area contributed by atoms with E-state index in [-0.39, 0.29) is 0 Å². The van der Waals surface area contributed by atoms with Crippen LogP contribution in [-0.4, -0.2) is 5.97 Å². The van der Waals surface area contributed by atoms with Crippen molar-refractivity contribution in [3.63, 3.8) is 0 Å². The van der Waals surface area contributed by atoms with Gasteiger partial charge in [0.15, 0.2) is 0 Å². The number of hydrogen-bond donors (Lipinski definition) is 0. The molecule has 0 atom stereocenters. The van der Waals surface area contributed by atoms with Crippen LogP contribution in [0.3, 0.4) is 0 Å². The molecule has 1 aromatic carbocycles. The summed E-state index contributed by atoms with van der Waals surface area (Å²) in [6, 6.07) is 11.4. The molecule has 0 unspecified atom stereocenters. The maximum absolute atomic E-state index is 10.2. The molecule has 2 rings (SSSR count). The van der Waals surface area contributed by atoms with Gasteiger partial charge in [0.25, 0.3) is 0 Å². The number of hydrogen-bond acceptors (Lipinski definition) is 3. The highest BCUT2D eigenvalue weighted by atomic mass is 16.4. The number of carboxylic acid groups (broad SMARTS) is 1. The van der Waals surface area contributed by atoms with Gasteiger partial charge in [-0.2, -0.15) is 0 Å². The lowest BCUT2D eigenvalue weighted by Crippen LogP contribution is -2.18. The zero-order valence-electron chi connectivity index (χ0n) is 9.34. The maximum Gasteiger partial charge on any atom is 0.134 e. The minimum Gasteiger partial charge on any atom is -0.545 e. The smallest absolute Gasteiger partial charge is 0.134 e. The molecular weight excluding hydrogens is 216 g/mol. The fourth-order valence-corrected chi connectivity index (χ4v) is 1.47. The summed E-state index contributed by atoms with van der Waals surface area (Å²) in [4.78, 5) is 10.2. The summed E-state index contributed by atoms with van der Waals surface area (Å²) in [5, 5.41) is 10.2. The molecule has 0 saturated heterocycles. The first-order chi connectivity index (χ1) is 8.15. The van der Waals surface area contributed by atoms with E-state index in [1.54, 1.807) is 12.1 Å². The lowest BCUT2D eigenvalue weighted by atomic mass is 10.1. The molecule has 0 bridgehead atoms. The first-order valence-electron chi connectivity index (χ1n) is 5.21. The molecule has 0 aliphatic heterocycles. The van der Waals surface area contributed by atoms with E-state index < -0.39 is 5.97 Å². The molecule has 3 heteroatoms. The zero-order valence-corrected chi connectivity index (χ0v) is 9.34. The molecular formula is C14H11O3-. The van der Waals surface area contributed by atoms with Gasteiger partial charge in [0, 0.05) is 5.56 Å². The fourth-order valence-electron chi connectivity index (χ4n) is 1.47. The van der Waals surface area contributed by atoms with Gasteiger partial charge in [0.2, 0.25) is 0 Å². The highest BCUT2D eigenvalue weighted by Gasteiger charge is 2.02. The Labute approximate surface area is 99.0 Å². The number of aliphatic carboxylic acids is 1. The van der Waals surface area contributed by atoms with E-state index in [1.807, 2.05) is 31.2 Å². The minimum absolute atomic E-state index is 0.491. The Kier molecular flexibility index (Phi) is 3.10. The van der Waals surface area contributed by atoms with Crippen molar-refractivity contribution in [1.29, 1.82) is 0 Å². The second kappa shape index (κ2) is 4.70. The molecule has 17 heavy (non-hydrogen) atoms. The van der Waals surface area contributed by atoms with Crippen molar-refractivity contribution in [3.05, 3.63) is 53.8 Å². The first-order valence-corrected chi connectivity index (χ1v) is 5.21. The molecule has 0 aliphatic rings. The SMILES string of the molecule is Cc1ccc(-c2ccc(/C=C/C(=O)[O-])o2)cc1. The first kappa shape index (κ1) is 11.2. The highest BCUT2D eigenvalue weighted by Crippen LogP contribution is 2.22. The Balaban J connectivity index is 2.23. The summed E-state index contributed by atoms with van der Waals surface area (Å²) < 4.78 is 5.48. The van der Waals surface area contributed by atoms with Crippen LogP contribution in [0, 0.1) is 6.92 Å². The van der Waals surface area contributed by atoms with Gasteiger partial charge in [-0.25, -0.2) is 0 Å². The molecule has 2 aromatic rings. The standard InChI is InChI=1S/C14H12O3/c1-10-2-4-11(5-3-10)13-8-6-12(17-13)7-9-14(15)16/h2-9H,1H3,(H,15,16)/p-1/b9-7+. The van der Waals surface area contributed by atoms with Gasteiger partial charge in [-0.05, 0) is 31.2 Å². The number of carboxylic acids is 1. The van der Waals surface area contributed by atoms with Crippen molar-refractivity contribution in [2.45, 2.75) is 6.92 Å². The Morgan fingerprint density at radius 3 is 2.53 bits per heavy atom. The normalized spacial score (nSPS) is 10.9. The van der Waals surface area contributed by atoms with Crippen LogP contribution in [0.2, 0.25) is 0 Å². The lowest BCUT2D eigenvalue weighted by molar-refractivity contribution is -0.297. The lowest BCUT2D eigenvalue weighted by Gasteiger charge is -1.97. The van der Waals surface area contributed by atoms with Crippen LogP contribution in [0.5, 0.6) is 0 Å². The third-order valence-electron chi connectivity index (χ3n) is 2.35. The average molecular weight is 227 g/mol. The summed E-state index contributed by atoms with van der Waals surface area (Å²) in [7, 11) is 0. The number of rotatable bonds is 3. The monoisotopic (exact) mass is 227 g/mol. The summed E-state index contributed by atoms with van der Waals surface area (Å²) >= 11 is 0. The number of carbonyl (C=O) groups excluding carboxylic acids is 1. The van der Waals surface area contributed by atoms with Crippen LogP contribution in [0.4, 0.5) is 0 Å². The van der Waals surface area contributed by atoms with Gasteiger partial charge in [0.05, 0.1) is 5.97 Å². The zero-order chi connectivity index (χ0) is 12.3. The van der Waals surface area contributed by atoms with Crippen molar-refractivity contribution >= 4 is 12.0 Å². The largest absolute Gasteiger partial charge is 0.545 e. The Morgan fingerprint density at radius 2 is 1.88 bits per heavy atom. The third-order valence-corrected chi connectivity index (χ3v) is 2.35. The van der Waals surface area contributed by atoms with Crippen molar-refractivity contribution < 1.29 is 14.3 Å². The summed E-state index contributed by atoms with van der Waals surface area (Å²) in [5.41, 5.74) is 2.14. The molecule has 0 fully saturated rings. The van der Waals surface area contributed by atoms with Crippen LogP contribution in [0.1, 0.15) is 11.3 Å². The Bertz CT molecular complexity index is 547. The molecule has 0 amide bonds. The van der Waals surface area contributed by atoms with Crippen LogP contribution >= 0.6 is 0 Å². The Hall–Kier alpha value is -2.29. The van der Waals surface area contributed by atoms with Crippen molar-refractivity contribution in [2.75, 3.05) is 0 Å². The molecule has 0 saturated carbocycles. The van der Waals surface area contributed by atoms with Gasteiger partial charge in [-0.3, -0.25) is 0 Å². The van der Waals surface area contributed by atoms with Crippen LogP contribution in [0.15, 0.2) is 46.9 Å². The number of furan rings is 1. The second-order valence-corrected chi connectivity index (χ2v) is 3.72. The quantitative estimate of drug-likeness (QED) is 0.754. The van der Waals surface area contributed by atoms with E-state index >= 15 is 0 Å². The fraction of sp³-hybridized carbons (Fsp3) is 0.0714. The molecule has 1 heterocycles. The van der Waals surface area contributed by atoms with E-state index in [0.717, 1.165) is 11.6 Å². The molecule has 86 valence electrons. The summed E-state index contributed by atoms with van der Waals surface area (Å²) in [6.45, 7) is 2.01. The van der Waals surface area contributed by atoms with E-state index in [1.165, 1.54) is 11.6 Å². The van der Waals surface area contributed by atoms with Gasteiger partial charge < -0.3 is 14.3 Å². The van der Waals surface area contributed by atoms with E-state index in [0.29, 0.717) is 11.5 Å². The van der Waals surface area contributed by atoms with Gasteiger partial charge in [0.1, 0.15) is 11.5 Å².